The zero-order chi connectivity index (χ0) is 23.5. The van der Waals surface area contributed by atoms with E-state index in [4.69, 9.17) is 0 Å². The Morgan fingerprint density at radius 2 is 1.64 bits per heavy atom. The molecule has 8 heteroatoms. The number of rotatable bonds is 6. The van der Waals surface area contributed by atoms with Crippen LogP contribution in [-0.2, 0) is 11.8 Å². The summed E-state index contributed by atoms with van der Waals surface area (Å²) in [5.41, 5.74) is 4.03. The number of carbonyl (C=O) groups is 1. The Hall–Kier alpha value is -3.65. The summed E-state index contributed by atoms with van der Waals surface area (Å²) in [5.74, 6) is -0.280. The Morgan fingerprint density at radius 1 is 1.00 bits per heavy atom. The minimum Gasteiger partial charge on any atom is -0.319 e. The fraction of sp³-hybridized carbons (Fsp3) is 0.200. The van der Waals surface area contributed by atoms with Gasteiger partial charge in [0.2, 0.25) is 5.91 Å². The smallest absolute Gasteiger partial charge is 0.295 e. The molecule has 4 aromatic rings. The maximum absolute atomic E-state index is 13.1. The summed E-state index contributed by atoms with van der Waals surface area (Å²) >= 11 is 1.26. The molecule has 2 aromatic carbocycles. The lowest BCUT2D eigenvalue weighted by atomic mass is 10.1. The van der Waals surface area contributed by atoms with Crippen molar-refractivity contribution in [2.75, 3.05) is 5.32 Å². The van der Waals surface area contributed by atoms with Crippen molar-refractivity contribution in [3.63, 3.8) is 0 Å². The molecule has 0 aliphatic rings. The van der Waals surface area contributed by atoms with Gasteiger partial charge in [-0.15, -0.1) is 0 Å². The van der Waals surface area contributed by atoms with Gasteiger partial charge in [-0.1, -0.05) is 60.3 Å². The van der Waals surface area contributed by atoms with Gasteiger partial charge in [-0.2, -0.15) is 0 Å². The molecule has 1 amide bonds. The molecule has 7 nitrogen and oxygen atoms in total. The summed E-state index contributed by atoms with van der Waals surface area (Å²) in [7, 11) is 1.79. The van der Waals surface area contributed by atoms with Gasteiger partial charge in [-0.05, 0) is 39.0 Å². The van der Waals surface area contributed by atoms with Gasteiger partial charge in [0.1, 0.15) is 5.69 Å². The maximum Gasteiger partial charge on any atom is 0.295 e. The Balaban J connectivity index is 1.55. The van der Waals surface area contributed by atoms with Crippen molar-refractivity contribution < 1.29 is 4.79 Å². The fourth-order valence-corrected chi connectivity index (χ4v) is 4.33. The molecule has 0 unspecified atom stereocenters. The number of para-hydroxylation sites is 1. The van der Waals surface area contributed by atoms with E-state index in [2.05, 4.69) is 15.3 Å². The van der Waals surface area contributed by atoms with Gasteiger partial charge in [0, 0.05) is 18.3 Å². The summed E-state index contributed by atoms with van der Waals surface area (Å²) < 4.78 is 3.28. The van der Waals surface area contributed by atoms with Crippen LogP contribution in [0.4, 0.5) is 5.69 Å². The first-order valence-electron chi connectivity index (χ1n) is 10.6. The summed E-state index contributed by atoms with van der Waals surface area (Å²) in [6.07, 6.45) is 0. The van der Waals surface area contributed by atoms with Crippen molar-refractivity contribution in [2.45, 2.75) is 31.2 Å². The quantitative estimate of drug-likeness (QED) is 0.342. The van der Waals surface area contributed by atoms with E-state index in [0.29, 0.717) is 10.9 Å². The van der Waals surface area contributed by atoms with Crippen LogP contribution in [0.25, 0.3) is 16.9 Å². The van der Waals surface area contributed by atoms with Gasteiger partial charge in [-0.25, -0.2) is 14.6 Å². The molecular weight excluding hydrogens is 434 g/mol. The van der Waals surface area contributed by atoms with Crippen LogP contribution in [0.1, 0.15) is 18.3 Å². The van der Waals surface area contributed by atoms with Gasteiger partial charge < -0.3 is 5.32 Å². The highest BCUT2D eigenvalue weighted by molar-refractivity contribution is 8.00. The van der Waals surface area contributed by atoms with E-state index in [1.165, 1.54) is 11.8 Å². The van der Waals surface area contributed by atoms with Crippen LogP contribution < -0.4 is 10.9 Å². The molecular formula is C25H25N5O2S. The molecule has 0 spiro atoms. The molecule has 2 aromatic heterocycles. The van der Waals surface area contributed by atoms with E-state index in [-0.39, 0.29) is 17.2 Å². The zero-order valence-electron chi connectivity index (χ0n) is 18.9. The third kappa shape index (κ3) is 4.75. The Morgan fingerprint density at radius 3 is 2.30 bits per heavy atom. The topological polar surface area (TPSA) is 81.8 Å². The molecule has 168 valence electrons. The molecule has 0 bridgehead atoms. The van der Waals surface area contributed by atoms with Crippen LogP contribution in [0.2, 0.25) is 0 Å². The second-order valence-electron chi connectivity index (χ2n) is 7.73. The van der Waals surface area contributed by atoms with Crippen LogP contribution in [0, 0.1) is 13.8 Å². The second-order valence-corrected chi connectivity index (χ2v) is 9.04. The zero-order valence-corrected chi connectivity index (χ0v) is 19.8. The third-order valence-electron chi connectivity index (χ3n) is 5.36. The van der Waals surface area contributed by atoms with E-state index < -0.39 is 5.25 Å². The molecule has 4 rings (SSSR count). The van der Waals surface area contributed by atoms with Crippen molar-refractivity contribution >= 4 is 23.4 Å². The Labute approximate surface area is 196 Å². The lowest BCUT2D eigenvalue weighted by Gasteiger charge is -2.12. The highest BCUT2D eigenvalue weighted by Crippen LogP contribution is 2.25. The number of hydrogen-bond donors (Lipinski definition) is 1. The third-order valence-corrected chi connectivity index (χ3v) is 6.32. The molecule has 0 aliphatic carbocycles. The van der Waals surface area contributed by atoms with Crippen molar-refractivity contribution in [3.8, 4) is 16.9 Å². The number of hydrogen-bond acceptors (Lipinski definition) is 5. The largest absolute Gasteiger partial charge is 0.319 e. The van der Waals surface area contributed by atoms with Crippen LogP contribution in [0.3, 0.4) is 0 Å². The van der Waals surface area contributed by atoms with Crippen molar-refractivity contribution in [1.82, 2.24) is 19.3 Å². The van der Waals surface area contributed by atoms with E-state index in [1.807, 2.05) is 80.6 Å². The number of aryl methyl sites for hydroxylation is 1. The Kier molecular flexibility index (Phi) is 6.46. The predicted octanol–water partition coefficient (Wildman–Crippen LogP) is 4.37. The van der Waals surface area contributed by atoms with Crippen LogP contribution in [-0.4, -0.2) is 30.5 Å². The molecule has 0 saturated carbocycles. The van der Waals surface area contributed by atoms with Crippen molar-refractivity contribution in [2.24, 2.45) is 7.05 Å². The first-order valence-corrected chi connectivity index (χ1v) is 11.5. The van der Waals surface area contributed by atoms with Crippen LogP contribution >= 0.6 is 11.8 Å². The molecule has 1 N–H and O–H groups in total. The fourth-order valence-electron chi connectivity index (χ4n) is 3.50. The number of benzene rings is 2. The van der Waals surface area contributed by atoms with Crippen molar-refractivity contribution in [1.29, 1.82) is 0 Å². The number of nitrogens with one attached hydrogen (secondary N) is 1. The van der Waals surface area contributed by atoms with Gasteiger partial charge in [0.25, 0.3) is 5.56 Å². The van der Waals surface area contributed by atoms with Gasteiger partial charge in [-0.3, -0.25) is 14.3 Å². The van der Waals surface area contributed by atoms with E-state index in [9.17, 15) is 9.59 Å². The predicted molar refractivity (Wildman–Crippen MR) is 132 cm³/mol. The number of amides is 1. The normalized spacial score (nSPS) is 11.9. The summed E-state index contributed by atoms with van der Waals surface area (Å²) in [4.78, 5) is 35.2. The number of aromatic nitrogens is 4. The first kappa shape index (κ1) is 22.5. The van der Waals surface area contributed by atoms with Gasteiger partial charge in [0.15, 0.2) is 5.16 Å². The lowest BCUT2D eigenvalue weighted by Crippen LogP contribution is -2.27. The Bertz CT molecular complexity index is 1350. The monoisotopic (exact) mass is 459 g/mol. The minimum absolute atomic E-state index is 0.272. The molecule has 0 fully saturated rings. The van der Waals surface area contributed by atoms with Gasteiger partial charge >= 0.3 is 0 Å². The van der Waals surface area contributed by atoms with Crippen molar-refractivity contribution in [3.05, 3.63) is 88.5 Å². The number of anilines is 1. The average molecular weight is 460 g/mol. The maximum atomic E-state index is 13.1. The average Bonchev–Trinajstić information content (AvgIpc) is 3.02. The molecule has 1 atom stereocenters. The molecule has 2 heterocycles. The van der Waals surface area contributed by atoms with E-state index >= 15 is 0 Å². The van der Waals surface area contributed by atoms with E-state index in [0.717, 1.165) is 22.6 Å². The molecule has 0 radical (unpaired) electrons. The SMILES string of the molecule is Cc1cc(-c2ccccc2)nc(S[C@@H](C)C(=O)Nc2c(C)n(C)n(-c3ccccc3)c2=O)n1. The highest BCUT2D eigenvalue weighted by Gasteiger charge is 2.22. The highest BCUT2D eigenvalue weighted by atomic mass is 32.2. The number of thioether (sulfide) groups is 1. The first-order chi connectivity index (χ1) is 15.8. The van der Waals surface area contributed by atoms with Crippen LogP contribution in [0.15, 0.2) is 76.7 Å². The molecule has 33 heavy (non-hydrogen) atoms. The summed E-state index contributed by atoms with van der Waals surface area (Å²) in [6.45, 7) is 5.49. The number of carbonyl (C=O) groups excluding carboxylic acids is 1. The summed E-state index contributed by atoms with van der Waals surface area (Å²) in [6, 6.07) is 21.1. The lowest BCUT2D eigenvalue weighted by molar-refractivity contribution is -0.115. The summed E-state index contributed by atoms with van der Waals surface area (Å²) in [5, 5.41) is 2.84. The number of nitrogens with zero attached hydrogens (tertiary/aromatic N) is 4. The second kappa shape index (κ2) is 9.46. The minimum atomic E-state index is -0.500. The molecule has 0 aliphatic heterocycles. The van der Waals surface area contributed by atoms with E-state index in [1.54, 1.807) is 23.3 Å². The van der Waals surface area contributed by atoms with Crippen LogP contribution in [0.5, 0.6) is 0 Å². The standard InChI is InChI=1S/C25H25N5O2S/c1-16-15-21(19-11-7-5-8-12-19)27-25(26-16)33-18(3)23(31)28-22-17(2)29(4)30(24(22)32)20-13-9-6-10-14-20/h5-15,18H,1-4H3,(H,28,31)/t18-/m0/s1. The van der Waals surface area contributed by atoms with Gasteiger partial charge in [0.05, 0.1) is 22.3 Å². The molecule has 0 saturated heterocycles.